The van der Waals surface area contributed by atoms with Gasteiger partial charge in [-0.25, -0.2) is 22.6 Å². The monoisotopic (exact) mass is 705 g/mol. The lowest BCUT2D eigenvalue weighted by atomic mass is 9.81. The first-order valence-corrected chi connectivity index (χ1v) is 17.1. The normalized spacial score (nSPS) is 15.7. The van der Waals surface area contributed by atoms with Crippen LogP contribution in [0.1, 0.15) is 46.4 Å². The predicted molar refractivity (Wildman–Crippen MR) is 181 cm³/mol. The second-order valence-electron chi connectivity index (χ2n) is 12.2. The van der Waals surface area contributed by atoms with Gasteiger partial charge in [-0.05, 0) is 112 Å². The lowest BCUT2D eigenvalue weighted by Gasteiger charge is -2.31. The second kappa shape index (κ2) is 14.5. The number of aromatic nitrogens is 2. The van der Waals surface area contributed by atoms with Crippen LogP contribution in [0, 0.1) is 24.1 Å². The molecule has 0 saturated heterocycles. The summed E-state index contributed by atoms with van der Waals surface area (Å²) in [5.74, 6) is -0.250. The number of nitriles is 1. The van der Waals surface area contributed by atoms with Crippen molar-refractivity contribution < 1.29 is 30.7 Å². The number of nitrogens with zero attached hydrogens (tertiary/aromatic N) is 4. The van der Waals surface area contributed by atoms with Crippen molar-refractivity contribution in [1.29, 1.82) is 5.26 Å². The molecule has 50 heavy (non-hydrogen) atoms. The number of hydrogen-bond donors (Lipinski definition) is 1. The van der Waals surface area contributed by atoms with Crippen LogP contribution in [0.15, 0.2) is 102 Å². The molecule has 2 heterocycles. The molecule has 8 nitrogen and oxygen atoms in total. The molecule has 0 radical (unpaired) electrons. The van der Waals surface area contributed by atoms with Gasteiger partial charge in [-0.15, -0.1) is 0 Å². The van der Waals surface area contributed by atoms with Crippen molar-refractivity contribution in [2.45, 2.75) is 43.0 Å². The number of rotatable bonds is 8. The van der Waals surface area contributed by atoms with Crippen LogP contribution in [0.2, 0.25) is 0 Å². The van der Waals surface area contributed by atoms with Crippen molar-refractivity contribution in [3.8, 4) is 23.0 Å². The molecule has 0 aliphatic carbocycles. The van der Waals surface area contributed by atoms with Gasteiger partial charge in [0.25, 0.3) is 0 Å². The van der Waals surface area contributed by atoms with Crippen molar-refractivity contribution in [2.75, 3.05) is 20.6 Å². The Labute approximate surface area is 288 Å². The van der Waals surface area contributed by atoms with E-state index in [0.717, 1.165) is 52.4 Å². The topological polar surface area (TPSA) is 114 Å². The second-order valence-corrected chi connectivity index (χ2v) is 13.8. The highest BCUT2D eigenvalue weighted by Crippen LogP contribution is 2.45. The van der Waals surface area contributed by atoms with E-state index in [1.807, 2.05) is 39.2 Å². The summed E-state index contributed by atoms with van der Waals surface area (Å²) in [6.45, 7) is 3.30. The van der Waals surface area contributed by atoms with E-state index in [1.54, 1.807) is 36.4 Å². The van der Waals surface area contributed by atoms with E-state index < -0.39 is 27.5 Å². The lowest BCUT2D eigenvalue weighted by molar-refractivity contribution is -0.141. The zero-order valence-electron chi connectivity index (χ0n) is 27.6. The maximum absolute atomic E-state index is 13.4. The molecule has 1 unspecified atom stereocenters. The van der Waals surface area contributed by atoms with Crippen LogP contribution in [0.4, 0.5) is 17.6 Å². The SMILES string of the molecule is CN(C)CCCC1(c2ccc(F)cc2)OCc2cc(C#N)ccc21.Cc1ccc(-c2cc(C(F)(F)F)nn2-c2ccc(S(N)(=O)=O)cc2)cc1. The van der Waals surface area contributed by atoms with Crippen LogP contribution in [-0.4, -0.2) is 43.7 Å². The number of ether oxygens (including phenoxy) is 1. The van der Waals surface area contributed by atoms with E-state index in [2.05, 4.69) is 16.1 Å². The molecule has 5 aromatic rings. The van der Waals surface area contributed by atoms with Crippen LogP contribution in [0.3, 0.4) is 0 Å². The first kappa shape index (κ1) is 36.4. The van der Waals surface area contributed by atoms with Crippen LogP contribution in [0.5, 0.6) is 0 Å². The third kappa shape index (κ3) is 8.11. The molecule has 13 heteroatoms. The third-order valence-electron chi connectivity index (χ3n) is 8.35. The van der Waals surface area contributed by atoms with E-state index in [4.69, 9.17) is 15.1 Å². The fourth-order valence-electron chi connectivity index (χ4n) is 5.83. The van der Waals surface area contributed by atoms with Crippen molar-refractivity contribution in [2.24, 2.45) is 5.14 Å². The third-order valence-corrected chi connectivity index (χ3v) is 9.27. The van der Waals surface area contributed by atoms with Crippen LogP contribution < -0.4 is 5.14 Å². The molecular formula is C37H35F4N5O3S. The van der Waals surface area contributed by atoms with E-state index in [-0.39, 0.29) is 22.1 Å². The molecule has 1 aromatic heterocycles. The standard InChI is InChI=1S/C20H21FN2O.C17H14F3N3O2S/c1-23(2)11-3-10-20(17-5-7-18(21)8-6-17)19-9-4-15(13-22)12-16(19)14-24-20;1-11-2-4-12(5-3-11)15-10-16(17(18,19)20)22-23(15)13-6-8-14(9-7-13)26(21,24)25/h4-9,12H,3,10-11,14H2,1-2H3;2-10H,1H3,(H2,21,24,25). The van der Waals surface area contributed by atoms with Gasteiger partial charge in [-0.3, -0.25) is 0 Å². The molecule has 6 rings (SSSR count). The lowest BCUT2D eigenvalue weighted by Crippen LogP contribution is -2.28. The van der Waals surface area contributed by atoms with Gasteiger partial charge in [-0.1, -0.05) is 48.0 Å². The highest BCUT2D eigenvalue weighted by atomic mass is 32.2. The number of alkyl halides is 3. The van der Waals surface area contributed by atoms with Crippen molar-refractivity contribution in [1.82, 2.24) is 14.7 Å². The van der Waals surface area contributed by atoms with Crippen LogP contribution in [-0.2, 0) is 33.1 Å². The Morgan fingerprint density at radius 1 is 0.980 bits per heavy atom. The number of hydrogen-bond acceptors (Lipinski definition) is 6. The Morgan fingerprint density at radius 3 is 2.22 bits per heavy atom. The maximum Gasteiger partial charge on any atom is 0.435 e. The minimum absolute atomic E-state index is 0.138. The van der Waals surface area contributed by atoms with Crippen molar-refractivity contribution >= 4 is 10.0 Å². The Hall–Kier alpha value is -4.87. The summed E-state index contributed by atoms with van der Waals surface area (Å²) in [7, 11) is 0.201. The van der Waals surface area contributed by atoms with Gasteiger partial charge < -0.3 is 9.64 Å². The molecule has 2 N–H and O–H groups in total. The average molecular weight is 706 g/mol. The van der Waals surface area contributed by atoms with Gasteiger partial charge in [0.15, 0.2) is 5.69 Å². The van der Waals surface area contributed by atoms with Gasteiger partial charge in [-0.2, -0.15) is 23.5 Å². The van der Waals surface area contributed by atoms with E-state index in [9.17, 15) is 26.0 Å². The molecule has 1 aliphatic heterocycles. The molecular weight excluding hydrogens is 670 g/mol. The maximum atomic E-state index is 13.4. The summed E-state index contributed by atoms with van der Waals surface area (Å²) in [4.78, 5) is 2.01. The molecule has 0 saturated carbocycles. The highest BCUT2D eigenvalue weighted by Gasteiger charge is 2.41. The van der Waals surface area contributed by atoms with Gasteiger partial charge >= 0.3 is 6.18 Å². The quantitative estimate of drug-likeness (QED) is 0.169. The van der Waals surface area contributed by atoms with Gasteiger partial charge in [0.2, 0.25) is 10.0 Å². The summed E-state index contributed by atoms with van der Waals surface area (Å²) >= 11 is 0. The van der Waals surface area contributed by atoms with Gasteiger partial charge in [0.1, 0.15) is 11.4 Å². The Morgan fingerprint density at radius 2 is 1.64 bits per heavy atom. The molecule has 0 fully saturated rings. The number of primary sulfonamides is 1. The van der Waals surface area contributed by atoms with Gasteiger partial charge in [0, 0.05) is 5.56 Å². The highest BCUT2D eigenvalue weighted by molar-refractivity contribution is 7.89. The number of aryl methyl sites for hydroxylation is 1. The zero-order valence-corrected chi connectivity index (χ0v) is 28.4. The summed E-state index contributed by atoms with van der Waals surface area (Å²) in [6.07, 6.45) is -2.83. The minimum Gasteiger partial charge on any atom is -0.361 e. The molecule has 1 atom stereocenters. The summed E-state index contributed by atoms with van der Waals surface area (Å²) in [5, 5.41) is 17.8. The molecule has 1 aliphatic rings. The van der Waals surface area contributed by atoms with Crippen molar-refractivity contribution in [3.05, 3.63) is 136 Å². The van der Waals surface area contributed by atoms with Crippen molar-refractivity contribution in [3.63, 3.8) is 0 Å². The fraction of sp³-hybridized carbons (Fsp3) is 0.243. The number of sulfonamides is 1. The zero-order chi connectivity index (χ0) is 36.3. The molecule has 260 valence electrons. The fourth-order valence-corrected chi connectivity index (χ4v) is 6.35. The average Bonchev–Trinajstić information content (AvgIpc) is 3.69. The predicted octanol–water partition coefficient (Wildman–Crippen LogP) is 7.33. The van der Waals surface area contributed by atoms with E-state index >= 15 is 0 Å². The van der Waals surface area contributed by atoms with E-state index in [1.165, 1.54) is 36.4 Å². The number of nitrogens with two attached hydrogens (primary N) is 1. The Balaban J connectivity index is 0.000000195. The Bertz CT molecular complexity index is 2110. The molecule has 0 bridgehead atoms. The van der Waals surface area contributed by atoms with Crippen LogP contribution >= 0.6 is 0 Å². The van der Waals surface area contributed by atoms with Gasteiger partial charge in [0.05, 0.1) is 34.5 Å². The Kier molecular flexibility index (Phi) is 10.6. The largest absolute Gasteiger partial charge is 0.435 e. The first-order chi connectivity index (χ1) is 23.6. The summed E-state index contributed by atoms with van der Waals surface area (Å²) < 4.78 is 82.8. The summed E-state index contributed by atoms with van der Waals surface area (Å²) in [5.41, 5.74) is 4.17. The number of halogens is 4. The first-order valence-electron chi connectivity index (χ1n) is 15.6. The minimum atomic E-state index is -4.61. The molecule has 0 spiro atoms. The number of benzene rings is 4. The number of fused-ring (bicyclic) bond motifs is 1. The van der Waals surface area contributed by atoms with E-state index in [0.29, 0.717) is 17.7 Å². The molecule has 4 aromatic carbocycles. The smallest absolute Gasteiger partial charge is 0.361 e. The summed E-state index contributed by atoms with van der Waals surface area (Å²) in [6, 6.07) is 27.5. The molecule has 0 amide bonds. The van der Waals surface area contributed by atoms with Crippen LogP contribution in [0.25, 0.3) is 16.9 Å².